The van der Waals surface area contributed by atoms with Gasteiger partial charge in [0.1, 0.15) is 6.61 Å². The number of carbonyl (C=O) groups excluding carboxylic acids is 1. The maximum atomic E-state index is 11.5. The van der Waals surface area contributed by atoms with Crippen molar-refractivity contribution >= 4 is 17.9 Å². The molecule has 22 heavy (non-hydrogen) atoms. The summed E-state index contributed by atoms with van der Waals surface area (Å²) in [6.45, 7) is 1.23. The van der Waals surface area contributed by atoms with Crippen LogP contribution in [0.2, 0.25) is 0 Å². The molecular formula is C18H18N2O2. The first kappa shape index (κ1) is 14.5. The van der Waals surface area contributed by atoms with E-state index in [2.05, 4.69) is 36.1 Å². The van der Waals surface area contributed by atoms with E-state index in [1.165, 1.54) is 5.56 Å². The zero-order valence-corrected chi connectivity index (χ0v) is 12.7. The van der Waals surface area contributed by atoms with Crippen LogP contribution >= 0.6 is 0 Å². The molecule has 0 saturated heterocycles. The highest BCUT2D eigenvalue weighted by atomic mass is 16.5. The molecule has 0 N–H and O–H groups in total. The summed E-state index contributed by atoms with van der Waals surface area (Å²) in [5.74, 6) is -0.264. The molecule has 1 heterocycles. The van der Waals surface area contributed by atoms with Crippen molar-refractivity contribution in [3.8, 4) is 0 Å². The van der Waals surface area contributed by atoms with Gasteiger partial charge in [-0.3, -0.25) is 4.99 Å². The molecule has 0 fully saturated rings. The number of fused-ring (bicyclic) bond motifs is 1. The van der Waals surface area contributed by atoms with E-state index < -0.39 is 0 Å². The van der Waals surface area contributed by atoms with E-state index in [-0.39, 0.29) is 5.97 Å². The van der Waals surface area contributed by atoms with Crippen molar-refractivity contribution in [3.05, 3.63) is 64.7 Å². The molecule has 2 aromatic carbocycles. The van der Waals surface area contributed by atoms with Crippen LogP contribution in [0.5, 0.6) is 0 Å². The Morgan fingerprint density at radius 2 is 1.95 bits per heavy atom. The maximum Gasteiger partial charge on any atom is 0.338 e. The first-order valence-electron chi connectivity index (χ1n) is 7.20. The fourth-order valence-corrected chi connectivity index (χ4v) is 2.47. The third-order valence-electron chi connectivity index (χ3n) is 3.55. The number of esters is 1. The first-order chi connectivity index (χ1) is 10.6. The summed E-state index contributed by atoms with van der Waals surface area (Å²) >= 11 is 0. The van der Waals surface area contributed by atoms with Gasteiger partial charge < -0.3 is 9.64 Å². The van der Waals surface area contributed by atoms with Gasteiger partial charge >= 0.3 is 5.97 Å². The van der Waals surface area contributed by atoms with Crippen molar-refractivity contribution in [1.29, 1.82) is 0 Å². The number of carbonyl (C=O) groups is 1. The summed E-state index contributed by atoms with van der Waals surface area (Å²) in [4.78, 5) is 18.2. The van der Waals surface area contributed by atoms with Crippen LogP contribution in [-0.2, 0) is 17.9 Å². The van der Waals surface area contributed by atoms with Gasteiger partial charge in [-0.25, -0.2) is 4.79 Å². The third kappa shape index (κ3) is 3.07. The van der Waals surface area contributed by atoms with Gasteiger partial charge in [-0.1, -0.05) is 30.3 Å². The minimum atomic E-state index is -0.264. The molecule has 4 heteroatoms. The average molecular weight is 294 g/mol. The van der Waals surface area contributed by atoms with E-state index in [0.717, 1.165) is 23.4 Å². The molecule has 0 atom stereocenters. The minimum Gasteiger partial charge on any atom is -0.457 e. The van der Waals surface area contributed by atoms with Crippen LogP contribution in [0, 0.1) is 0 Å². The quantitative estimate of drug-likeness (QED) is 0.642. The van der Waals surface area contributed by atoms with Gasteiger partial charge in [0.15, 0.2) is 0 Å². The van der Waals surface area contributed by atoms with Gasteiger partial charge in [-0.05, 0) is 37.4 Å². The summed E-state index contributed by atoms with van der Waals surface area (Å²) in [6.07, 6.45) is 1.82. The second-order valence-corrected chi connectivity index (χ2v) is 5.62. The lowest BCUT2D eigenvalue weighted by Crippen LogP contribution is -2.10. The lowest BCUT2D eigenvalue weighted by atomic mass is 10.1. The van der Waals surface area contributed by atoms with Crippen LogP contribution in [0.25, 0.3) is 0 Å². The second kappa shape index (κ2) is 6.12. The van der Waals surface area contributed by atoms with Crippen molar-refractivity contribution in [2.75, 3.05) is 14.1 Å². The van der Waals surface area contributed by atoms with E-state index in [1.54, 1.807) is 6.07 Å². The Kier molecular flexibility index (Phi) is 4.02. The van der Waals surface area contributed by atoms with E-state index in [0.29, 0.717) is 12.2 Å². The largest absolute Gasteiger partial charge is 0.457 e. The minimum absolute atomic E-state index is 0.264. The number of benzene rings is 2. The smallest absolute Gasteiger partial charge is 0.338 e. The van der Waals surface area contributed by atoms with Crippen molar-refractivity contribution in [2.45, 2.75) is 13.2 Å². The fraction of sp³-hybridized carbons (Fsp3) is 0.222. The molecule has 0 unspecified atom stereocenters. The number of hydrogen-bond donors (Lipinski definition) is 0. The number of nitrogens with zero attached hydrogens (tertiary/aromatic N) is 2. The molecule has 3 rings (SSSR count). The van der Waals surface area contributed by atoms with E-state index in [9.17, 15) is 4.79 Å². The summed E-state index contributed by atoms with van der Waals surface area (Å²) in [7, 11) is 4.10. The molecule has 1 aliphatic rings. The third-order valence-corrected chi connectivity index (χ3v) is 3.55. The predicted octanol–water partition coefficient (Wildman–Crippen LogP) is 3.17. The van der Waals surface area contributed by atoms with E-state index >= 15 is 0 Å². The Hall–Kier alpha value is -2.46. The van der Waals surface area contributed by atoms with E-state index in [1.807, 2.05) is 30.5 Å². The summed E-state index contributed by atoms with van der Waals surface area (Å²) in [5, 5.41) is 0. The van der Waals surface area contributed by atoms with Crippen molar-refractivity contribution in [1.82, 2.24) is 4.90 Å². The highest BCUT2D eigenvalue weighted by Gasteiger charge is 2.22. The number of cyclic esters (lactones) is 1. The summed E-state index contributed by atoms with van der Waals surface area (Å²) in [6, 6.07) is 13.8. The average Bonchev–Trinajstić information content (AvgIpc) is 2.88. The zero-order valence-electron chi connectivity index (χ0n) is 12.7. The topological polar surface area (TPSA) is 41.9 Å². The zero-order chi connectivity index (χ0) is 15.5. The predicted molar refractivity (Wildman–Crippen MR) is 86.6 cm³/mol. The van der Waals surface area contributed by atoms with Gasteiger partial charge in [0.25, 0.3) is 0 Å². The van der Waals surface area contributed by atoms with Crippen LogP contribution in [-0.4, -0.2) is 31.2 Å². The first-order valence-corrected chi connectivity index (χ1v) is 7.20. The molecule has 112 valence electrons. The number of aliphatic imine (C=N–C) groups is 1. The number of ether oxygens (including phenoxy) is 1. The Labute approximate surface area is 130 Å². The van der Waals surface area contributed by atoms with Crippen molar-refractivity contribution in [3.63, 3.8) is 0 Å². The maximum absolute atomic E-state index is 11.5. The molecule has 1 aliphatic heterocycles. The monoisotopic (exact) mass is 294 g/mol. The molecule has 4 nitrogen and oxygen atoms in total. The van der Waals surface area contributed by atoms with Crippen LogP contribution in [0.1, 0.15) is 27.0 Å². The van der Waals surface area contributed by atoms with Gasteiger partial charge in [0.05, 0.1) is 11.3 Å². The van der Waals surface area contributed by atoms with Crippen molar-refractivity contribution < 1.29 is 9.53 Å². The van der Waals surface area contributed by atoms with Crippen LogP contribution in [0.3, 0.4) is 0 Å². The standard InChI is InChI=1S/C18H18N2O2/c1-20(2)11-14-8-6-13(7-9-14)10-19-17-5-3-4-15-16(17)12-22-18(15)21/h3-10H,11-12H2,1-2H3. The highest BCUT2D eigenvalue weighted by molar-refractivity contribution is 5.95. The van der Waals surface area contributed by atoms with Crippen LogP contribution < -0.4 is 0 Å². The molecule has 0 bridgehead atoms. The Bertz CT molecular complexity index is 718. The molecule has 0 aromatic heterocycles. The summed E-state index contributed by atoms with van der Waals surface area (Å²) < 4.78 is 5.05. The fourth-order valence-electron chi connectivity index (χ4n) is 2.47. The van der Waals surface area contributed by atoms with Gasteiger partial charge in [0, 0.05) is 18.3 Å². The van der Waals surface area contributed by atoms with Crippen LogP contribution in [0.15, 0.2) is 47.5 Å². The Balaban J connectivity index is 1.79. The Morgan fingerprint density at radius 3 is 2.68 bits per heavy atom. The molecule has 0 spiro atoms. The molecular weight excluding hydrogens is 276 g/mol. The number of hydrogen-bond acceptors (Lipinski definition) is 4. The SMILES string of the molecule is CN(C)Cc1ccc(C=Nc2cccc3c2COC3=O)cc1. The molecule has 0 saturated carbocycles. The Morgan fingerprint density at radius 1 is 1.18 bits per heavy atom. The molecule has 0 amide bonds. The van der Waals surface area contributed by atoms with Gasteiger partial charge in [-0.2, -0.15) is 0 Å². The van der Waals surface area contributed by atoms with Crippen molar-refractivity contribution in [2.24, 2.45) is 4.99 Å². The number of rotatable bonds is 4. The van der Waals surface area contributed by atoms with Crippen LogP contribution in [0.4, 0.5) is 5.69 Å². The highest BCUT2D eigenvalue weighted by Crippen LogP contribution is 2.29. The summed E-state index contributed by atoms with van der Waals surface area (Å²) in [5.41, 5.74) is 4.58. The van der Waals surface area contributed by atoms with Gasteiger partial charge in [0.2, 0.25) is 0 Å². The van der Waals surface area contributed by atoms with E-state index in [4.69, 9.17) is 4.74 Å². The molecule has 0 radical (unpaired) electrons. The molecule has 2 aromatic rings. The van der Waals surface area contributed by atoms with Gasteiger partial charge in [-0.15, -0.1) is 0 Å². The second-order valence-electron chi connectivity index (χ2n) is 5.62. The normalized spacial score (nSPS) is 13.7. The molecule has 0 aliphatic carbocycles. The lowest BCUT2D eigenvalue weighted by molar-refractivity contribution is 0.0535. The lowest BCUT2D eigenvalue weighted by Gasteiger charge is -2.09.